The number of fused-ring (bicyclic) bond motifs is 2. The van der Waals surface area contributed by atoms with Crippen LogP contribution in [-0.2, 0) is 0 Å². The Labute approximate surface area is 121 Å². The highest BCUT2D eigenvalue weighted by molar-refractivity contribution is 6.30. The average Bonchev–Trinajstić information content (AvgIpc) is 2.63. The molecule has 2 bridgehead atoms. The van der Waals surface area contributed by atoms with Crippen LogP contribution in [-0.4, -0.2) is 30.1 Å². The number of benzene rings is 1. The van der Waals surface area contributed by atoms with Crippen molar-refractivity contribution in [3.63, 3.8) is 0 Å². The van der Waals surface area contributed by atoms with Crippen molar-refractivity contribution in [3.8, 4) is 0 Å². The van der Waals surface area contributed by atoms with Crippen molar-refractivity contribution >= 4 is 11.6 Å². The van der Waals surface area contributed by atoms with E-state index >= 15 is 0 Å². The number of hydrogen-bond acceptors (Lipinski definition) is 2. The second-order valence-corrected chi connectivity index (χ2v) is 6.60. The highest BCUT2D eigenvalue weighted by Crippen LogP contribution is 2.35. The van der Waals surface area contributed by atoms with Gasteiger partial charge in [0, 0.05) is 29.2 Å². The first kappa shape index (κ1) is 13.4. The quantitative estimate of drug-likeness (QED) is 0.909. The summed E-state index contributed by atoms with van der Waals surface area (Å²) >= 11 is 5.94. The van der Waals surface area contributed by atoms with Crippen LogP contribution in [0.4, 0.5) is 0 Å². The fraction of sp³-hybridized carbons (Fsp3) is 0.625. The molecular formula is C16H23ClN2. The van der Waals surface area contributed by atoms with Crippen molar-refractivity contribution in [1.29, 1.82) is 0 Å². The number of nitrogens with one attached hydrogen (secondary N) is 1. The Balaban J connectivity index is 1.61. The molecule has 2 unspecified atom stereocenters. The van der Waals surface area contributed by atoms with Crippen molar-refractivity contribution < 1.29 is 0 Å². The van der Waals surface area contributed by atoms with Crippen LogP contribution in [0.5, 0.6) is 0 Å². The van der Waals surface area contributed by atoms with Crippen molar-refractivity contribution in [3.05, 3.63) is 34.9 Å². The van der Waals surface area contributed by atoms with E-state index in [1.54, 1.807) is 0 Å². The van der Waals surface area contributed by atoms with Gasteiger partial charge in [0.1, 0.15) is 0 Å². The minimum absolute atomic E-state index is 0.407. The SMILES string of the molecule is C[C@H](NC1CC2CCC(C1)N2C)c1ccc(Cl)cc1. The number of piperidine rings is 1. The largest absolute Gasteiger partial charge is 0.307 e. The maximum absolute atomic E-state index is 5.94. The second kappa shape index (κ2) is 5.43. The minimum atomic E-state index is 0.407. The first-order valence-electron chi connectivity index (χ1n) is 7.37. The van der Waals surface area contributed by atoms with Gasteiger partial charge in [0.25, 0.3) is 0 Å². The van der Waals surface area contributed by atoms with E-state index in [1.807, 2.05) is 12.1 Å². The van der Waals surface area contributed by atoms with Gasteiger partial charge in [-0.1, -0.05) is 23.7 Å². The predicted molar refractivity (Wildman–Crippen MR) is 80.6 cm³/mol. The second-order valence-electron chi connectivity index (χ2n) is 6.16. The molecule has 1 N–H and O–H groups in total. The Kier molecular flexibility index (Phi) is 3.84. The topological polar surface area (TPSA) is 15.3 Å². The van der Waals surface area contributed by atoms with E-state index < -0.39 is 0 Å². The lowest BCUT2D eigenvalue weighted by atomic mass is 9.96. The van der Waals surface area contributed by atoms with Gasteiger partial charge in [0.05, 0.1) is 0 Å². The van der Waals surface area contributed by atoms with Crippen molar-refractivity contribution in [1.82, 2.24) is 10.2 Å². The van der Waals surface area contributed by atoms with E-state index in [0.29, 0.717) is 12.1 Å². The summed E-state index contributed by atoms with van der Waals surface area (Å²) in [6, 6.07) is 10.9. The number of halogens is 1. The van der Waals surface area contributed by atoms with E-state index in [0.717, 1.165) is 17.1 Å². The zero-order chi connectivity index (χ0) is 13.4. The average molecular weight is 279 g/mol. The Hall–Kier alpha value is -0.570. The molecule has 0 aromatic heterocycles. The molecule has 0 saturated carbocycles. The van der Waals surface area contributed by atoms with Crippen molar-refractivity contribution in [2.75, 3.05) is 7.05 Å². The third-order valence-corrected chi connectivity index (χ3v) is 5.21. The number of rotatable bonds is 3. The molecule has 2 fully saturated rings. The molecule has 0 amide bonds. The monoisotopic (exact) mass is 278 g/mol. The molecule has 2 aliphatic heterocycles. The van der Waals surface area contributed by atoms with Crippen molar-refractivity contribution in [2.45, 2.75) is 56.8 Å². The Bertz CT molecular complexity index is 417. The minimum Gasteiger partial charge on any atom is -0.307 e. The summed E-state index contributed by atoms with van der Waals surface area (Å²) in [6.07, 6.45) is 5.36. The van der Waals surface area contributed by atoms with Crippen molar-refractivity contribution in [2.24, 2.45) is 0 Å². The first-order chi connectivity index (χ1) is 9.13. The standard InChI is InChI=1S/C16H23ClN2/c1-11(12-3-5-13(17)6-4-12)18-14-9-15-7-8-16(10-14)19(15)2/h3-6,11,14-16,18H,7-10H2,1-2H3/t11-,14?,15?,16?/m0/s1. The predicted octanol–water partition coefficient (Wildman–Crippen LogP) is 3.62. The molecule has 104 valence electrons. The molecule has 2 aliphatic rings. The third-order valence-electron chi connectivity index (χ3n) is 4.95. The van der Waals surface area contributed by atoms with Crippen LogP contribution in [0, 0.1) is 0 Å². The molecule has 2 nitrogen and oxygen atoms in total. The molecular weight excluding hydrogens is 256 g/mol. The molecule has 2 heterocycles. The van der Waals surface area contributed by atoms with Gasteiger partial charge in [-0.05, 0) is 57.4 Å². The molecule has 3 heteroatoms. The molecule has 3 rings (SSSR count). The van der Waals surface area contributed by atoms with Gasteiger partial charge in [-0.3, -0.25) is 0 Å². The lowest BCUT2D eigenvalue weighted by molar-refractivity contribution is 0.144. The van der Waals surface area contributed by atoms with Gasteiger partial charge in [-0.25, -0.2) is 0 Å². The third kappa shape index (κ3) is 2.81. The number of hydrogen-bond donors (Lipinski definition) is 1. The summed E-state index contributed by atoms with van der Waals surface area (Å²) in [6.45, 7) is 2.25. The normalized spacial score (nSPS) is 32.5. The summed E-state index contributed by atoms with van der Waals surface area (Å²) in [4.78, 5) is 2.59. The smallest absolute Gasteiger partial charge is 0.0406 e. The Morgan fingerprint density at radius 2 is 1.74 bits per heavy atom. The summed E-state index contributed by atoms with van der Waals surface area (Å²) in [5, 5.41) is 4.62. The molecule has 1 aromatic carbocycles. The molecule has 0 radical (unpaired) electrons. The summed E-state index contributed by atoms with van der Waals surface area (Å²) in [5.41, 5.74) is 1.33. The van der Waals surface area contributed by atoms with Crippen LogP contribution < -0.4 is 5.32 Å². The van der Waals surface area contributed by atoms with E-state index in [1.165, 1.54) is 31.2 Å². The highest BCUT2D eigenvalue weighted by Gasteiger charge is 2.38. The maximum atomic E-state index is 5.94. The summed E-state index contributed by atoms with van der Waals surface area (Å²) < 4.78 is 0. The summed E-state index contributed by atoms with van der Waals surface area (Å²) in [7, 11) is 2.29. The fourth-order valence-electron chi connectivity index (χ4n) is 3.75. The Morgan fingerprint density at radius 1 is 1.16 bits per heavy atom. The van der Waals surface area contributed by atoms with E-state index in [4.69, 9.17) is 11.6 Å². The lowest BCUT2D eigenvalue weighted by Crippen LogP contribution is -2.47. The molecule has 19 heavy (non-hydrogen) atoms. The van der Waals surface area contributed by atoms with Crippen LogP contribution in [0.25, 0.3) is 0 Å². The van der Waals surface area contributed by atoms with Gasteiger partial charge in [0.2, 0.25) is 0 Å². The van der Waals surface area contributed by atoms with Crippen LogP contribution >= 0.6 is 11.6 Å². The molecule has 0 spiro atoms. The molecule has 2 saturated heterocycles. The lowest BCUT2D eigenvalue weighted by Gasteiger charge is -2.38. The van der Waals surface area contributed by atoms with Gasteiger partial charge in [0.15, 0.2) is 0 Å². The van der Waals surface area contributed by atoms with Gasteiger partial charge in [-0.2, -0.15) is 0 Å². The van der Waals surface area contributed by atoms with Gasteiger partial charge >= 0.3 is 0 Å². The fourth-order valence-corrected chi connectivity index (χ4v) is 3.87. The zero-order valence-electron chi connectivity index (χ0n) is 11.8. The molecule has 0 aliphatic carbocycles. The number of nitrogens with zero attached hydrogens (tertiary/aromatic N) is 1. The van der Waals surface area contributed by atoms with Crippen LogP contribution in [0.2, 0.25) is 5.02 Å². The highest BCUT2D eigenvalue weighted by atomic mass is 35.5. The van der Waals surface area contributed by atoms with E-state index in [9.17, 15) is 0 Å². The van der Waals surface area contributed by atoms with E-state index in [2.05, 4.69) is 36.3 Å². The Morgan fingerprint density at radius 3 is 2.32 bits per heavy atom. The van der Waals surface area contributed by atoms with Gasteiger partial charge in [-0.15, -0.1) is 0 Å². The molecule has 1 aromatic rings. The van der Waals surface area contributed by atoms with Crippen LogP contribution in [0.1, 0.15) is 44.2 Å². The zero-order valence-corrected chi connectivity index (χ0v) is 12.5. The van der Waals surface area contributed by atoms with Crippen LogP contribution in [0.15, 0.2) is 24.3 Å². The summed E-state index contributed by atoms with van der Waals surface area (Å²) in [5.74, 6) is 0. The van der Waals surface area contributed by atoms with Gasteiger partial charge < -0.3 is 10.2 Å². The maximum Gasteiger partial charge on any atom is 0.0406 e. The van der Waals surface area contributed by atoms with Crippen LogP contribution in [0.3, 0.4) is 0 Å². The first-order valence-corrected chi connectivity index (χ1v) is 7.74. The molecule has 3 atom stereocenters. The van der Waals surface area contributed by atoms with E-state index in [-0.39, 0.29) is 0 Å².